The summed E-state index contributed by atoms with van der Waals surface area (Å²) in [4.78, 5) is 30.3. The van der Waals surface area contributed by atoms with Crippen molar-refractivity contribution in [3.8, 4) is 11.1 Å². The quantitative estimate of drug-likeness (QED) is 0.243. The van der Waals surface area contributed by atoms with E-state index in [-0.39, 0.29) is 11.8 Å². The van der Waals surface area contributed by atoms with E-state index in [1.807, 2.05) is 12.1 Å². The Hall–Kier alpha value is -3.77. The minimum Gasteiger partial charge on any atom is -0.308 e. The second-order valence-electron chi connectivity index (χ2n) is 8.46. The summed E-state index contributed by atoms with van der Waals surface area (Å²) >= 11 is 0. The van der Waals surface area contributed by atoms with Crippen molar-refractivity contribution in [1.82, 2.24) is 10.5 Å². The van der Waals surface area contributed by atoms with Gasteiger partial charge in [-0.1, -0.05) is 49.3 Å². The van der Waals surface area contributed by atoms with Crippen LogP contribution < -0.4 is 10.4 Å². The first kappa shape index (κ1) is 23.4. The van der Waals surface area contributed by atoms with Crippen LogP contribution in [0.2, 0.25) is 0 Å². The van der Waals surface area contributed by atoms with Crippen molar-refractivity contribution in [3.63, 3.8) is 0 Å². The molecule has 34 heavy (non-hydrogen) atoms. The van der Waals surface area contributed by atoms with Gasteiger partial charge in [-0.15, -0.1) is 0 Å². The highest BCUT2D eigenvalue weighted by Gasteiger charge is 2.18. The van der Waals surface area contributed by atoms with E-state index >= 15 is 0 Å². The first-order valence-electron chi connectivity index (χ1n) is 11.7. The van der Waals surface area contributed by atoms with Crippen LogP contribution >= 0.6 is 0 Å². The minimum atomic E-state index is -0.368. The molecule has 0 saturated heterocycles. The largest absolute Gasteiger partial charge is 0.308 e. The van der Waals surface area contributed by atoms with Crippen molar-refractivity contribution in [1.29, 1.82) is 0 Å². The summed E-state index contributed by atoms with van der Waals surface area (Å²) in [5, 5.41) is 8.59. The van der Waals surface area contributed by atoms with E-state index < -0.39 is 0 Å². The zero-order valence-electron chi connectivity index (χ0n) is 19.1. The molecule has 6 heteroatoms. The van der Waals surface area contributed by atoms with Gasteiger partial charge < -0.3 is 4.90 Å². The molecule has 1 aromatic heterocycles. The second kappa shape index (κ2) is 11.4. The Morgan fingerprint density at radius 3 is 2.53 bits per heavy atom. The van der Waals surface area contributed by atoms with Crippen LogP contribution in [0.4, 0.5) is 5.69 Å². The number of amides is 2. The SMILES string of the molecule is O=C(CCCCCCN(C(=O)c1cccnc1)c1ccc(-c2ccc3c(c2)C=CC3)cc1)NO. The summed E-state index contributed by atoms with van der Waals surface area (Å²) in [5.74, 6) is -0.448. The molecule has 0 atom stereocenters. The van der Waals surface area contributed by atoms with E-state index in [1.165, 1.54) is 11.1 Å². The highest BCUT2D eigenvalue weighted by Crippen LogP contribution is 2.29. The molecule has 4 rings (SSSR count). The van der Waals surface area contributed by atoms with Gasteiger partial charge in [0.2, 0.25) is 5.91 Å². The molecular weight excluding hydrogens is 426 g/mol. The van der Waals surface area contributed by atoms with Crippen molar-refractivity contribution in [2.24, 2.45) is 0 Å². The predicted molar refractivity (Wildman–Crippen MR) is 134 cm³/mol. The lowest BCUT2D eigenvalue weighted by atomic mass is 10.00. The van der Waals surface area contributed by atoms with Crippen molar-refractivity contribution < 1.29 is 14.8 Å². The lowest BCUT2D eigenvalue weighted by Crippen LogP contribution is -2.32. The van der Waals surface area contributed by atoms with Gasteiger partial charge in [-0.2, -0.15) is 0 Å². The van der Waals surface area contributed by atoms with Crippen LogP contribution in [0.3, 0.4) is 0 Å². The van der Waals surface area contributed by atoms with Crippen LogP contribution in [-0.4, -0.2) is 28.6 Å². The third-order valence-corrected chi connectivity index (χ3v) is 6.11. The first-order valence-corrected chi connectivity index (χ1v) is 11.7. The van der Waals surface area contributed by atoms with Gasteiger partial charge in [-0.25, -0.2) is 5.48 Å². The Morgan fingerprint density at radius 2 is 1.76 bits per heavy atom. The fourth-order valence-corrected chi connectivity index (χ4v) is 4.22. The predicted octanol–water partition coefficient (Wildman–Crippen LogP) is 5.42. The van der Waals surface area contributed by atoms with Crippen molar-refractivity contribution in [3.05, 3.63) is 89.8 Å². The number of allylic oxidation sites excluding steroid dienone is 1. The fourth-order valence-electron chi connectivity index (χ4n) is 4.22. The summed E-state index contributed by atoms with van der Waals surface area (Å²) < 4.78 is 0. The lowest BCUT2D eigenvalue weighted by molar-refractivity contribution is -0.129. The number of nitrogens with zero attached hydrogens (tertiary/aromatic N) is 2. The van der Waals surface area contributed by atoms with Crippen LogP contribution in [0.5, 0.6) is 0 Å². The van der Waals surface area contributed by atoms with E-state index in [0.29, 0.717) is 24.9 Å². The number of nitrogens with one attached hydrogen (secondary N) is 1. The number of rotatable bonds is 10. The molecule has 1 heterocycles. The summed E-state index contributed by atoms with van der Waals surface area (Å²) in [6, 6.07) is 18.2. The molecule has 0 saturated carbocycles. The number of unbranched alkanes of at least 4 members (excludes halogenated alkanes) is 3. The molecule has 0 aliphatic heterocycles. The van der Waals surface area contributed by atoms with Crippen LogP contribution in [0.1, 0.15) is 53.6 Å². The Kier molecular flexibility index (Phi) is 7.83. The number of hydrogen-bond donors (Lipinski definition) is 2. The molecule has 0 unspecified atom stereocenters. The molecule has 3 aromatic rings. The Morgan fingerprint density at radius 1 is 0.971 bits per heavy atom. The van der Waals surface area contributed by atoms with Gasteiger partial charge in [0, 0.05) is 31.0 Å². The molecule has 6 nitrogen and oxygen atoms in total. The maximum absolute atomic E-state index is 13.3. The number of pyridine rings is 1. The number of carbonyl (C=O) groups excluding carboxylic acids is 2. The summed E-state index contributed by atoms with van der Waals surface area (Å²) in [5.41, 5.74) is 7.95. The third-order valence-electron chi connectivity index (χ3n) is 6.11. The normalized spacial score (nSPS) is 11.8. The Bertz CT molecular complexity index is 1160. The van der Waals surface area contributed by atoms with Crippen LogP contribution in [-0.2, 0) is 11.2 Å². The standard InChI is InChI=1S/C28H29N3O3/c32-27(30-34)10-3-1-2-4-18-31(28(33)25-9-6-17-29-20-25)26-15-13-22(14-16-26)24-12-11-21-7-5-8-23(21)19-24/h5-6,8-9,11-17,19-20,34H,1-4,7,10,18H2,(H,30,32). The lowest BCUT2D eigenvalue weighted by Gasteiger charge is -2.23. The highest BCUT2D eigenvalue weighted by molar-refractivity contribution is 6.06. The molecule has 0 fully saturated rings. The molecular formula is C28H29N3O3. The second-order valence-corrected chi connectivity index (χ2v) is 8.46. The molecule has 2 N–H and O–H groups in total. The van der Waals surface area contributed by atoms with Crippen LogP contribution in [0.15, 0.2) is 73.1 Å². The summed E-state index contributed by atoms with van der Waals surface area (Å²) in [6.45, 7) is 0.572. The summed E-state index contributed by atoms with van der Waals surface area (Å²) in [6.07, 6.45) is 12.1. The van der Waals surface area contributed by atoms with E-state index in [4.69, 9.17) is 5.21 Å². The monoisotopic (exact) mass is 455 g/mol. The van der Waals surface area contributed by atoms with Gasteiger partial charge in [0.25, 0.3) is 5.91 Å². The highest BCUT2D eigenvalue weighted by atomic mass is 16.5. The number of benzene rings is 2. The zero-order chi connectivity index (χ0) is 23.8. The fraction of sp³-hybridized carbons (Fsp3) is 0.250. The molecule has 0 radical (unpaired) electrons. The van der Waals surface area contributed by atoms with Gasteiger partial charge in [0.1, 0.15) is 0 Å². The van der Waals surface area contributed by atoms with Gasteiger partial charge in [-0.05, 0) is 71.8 Å². The Balaban J connectivity index is 1.46. The molecule has 0 bridgehead atoms. The van der Waals surface area contributed by atoms with E-state index in [0.717, 1.165) is 42.5 Å². The molecule has 1 aliphatic carbocycles. The van der Waals surface area contributed by atoms with Gasteiger partial charge in [0.15, 0.2) is 0 Å². The Labute approximate surface area is 199 Å². The van der Waals surface area contributed by atoms with E-state index in [1.54, 1.807) is 34.9 Å². The summed E-state index contributed by atoms with van der Waals surface area (Å²) in [7, 11) is 0. The molecule has 1 aliphatic rings. The third kappa shape index (κ3) is 5.77. The number of aromatic nitrogens is 1. The van der Waals surface area contributed by atoms with Gasteiger partial charge >= 0.3 is 0 Å². The van der Waals surface area contributed by atoms with Crippen molar-refractivity contribution in [2.75, 3.05) is 11.4 Å². The first-order chi connectivity index (χ1) is 16.7. The number of carbonyl (C=O) groups is 2. The number of fused-ring (bicyclic) bond motifs is 1. The minimum absolute atomic E-state index is 0.0804. The average Bonchev–Trinajstić information content (AvgIpc) is 3.36. The van der Waals surface area contributed by atoms with Crippen LogP contribution in [0, 0.1) is 0 Å². The molecule has 174 valence electrons. The average molecular weight is 456 g/mol. The molecule has 2 aromatic carbocycles. The van der Waals surface area contributed by atoms with E-state index in [9.17, 15) is 9.59 Å². The van der Waals surface area contributed by atoms with Gasteiger partial charge in [0.05, 0.1) is 5.56 Å². The van der Waals surface area contributed by atoms with Crippen molar-refractivity contribution in [2.45, 2.75) is 38.5 Å². The topological polar surface area (TPSA) is 82.5 Å². The zero-order valence-corrected chi connectivity index (χ0v) is 19.1. The maximum Gasteiger partial charge on any atom is 0.259 e. The maximum atomic E-state index is 13.3. The number of hydrogen-bond acceptors (Lipinski definition) is 4. The van der Waals surface area contributed by atoms with Crippen molar-refractivity contribution >= 4 is 23.6 Å². The number of anilines is 1. The molecule has 2 amide bonds. The molecule has 0 spiro atoms. The van der Waals surface area contributed by atoms with Gasteiger partial charge in [-0.3, -0.25) is 19.8 Å². The van der Waals surface area contributed by atoms with E-state index in [2.05, 4.69) is 47.5 Å². The number of hydroxylamine groups is 1. The van der Waals surface area contributed by atoms with Crippen LogP contribution in [0.25, 0.3) is 17.2 Å². The smallest absolute Gasteiger partial charge is 0.259 e.